The largest absolute Gasteiger partial charge is 0.466 e. The lowest BCUT2D eigenvalue weighted by Gasteiger charge is -2.15. The lowest BCUT2D eigenvalue weighted by Crippen LogP contribution is -2.22. The first-order valence-electron chi connectivity index (χ1n) is 5.49. The van der Waals surface area contributed by atoms with Crippen LogP contribution in [0.25, 0.3) is 0 Å². The van der Waals surface area contributed by atoms with Crippen LogP contribution < -0.4 is 5.32 Å². The smallest absolute Gasteiger partial charge is 0.140 e. The van der Waals surface area contributed by atoms with Crippen LogP contribution in [0.4, 0.5) is 0 Å². The van der Waals surface area contributed by atoms with Gasteiger partial charge in [-0.2, -0.15) is 0 Å². The molecule has 1 atom stereocenters. The Hall–Kier alpha value is -0.720. The lowest BCUT2D eigenvalue weighted by atomic mass is 10.1. The third-order valence-electron chi connectivity index (χ3n) is 2.45. The molecule has 2 heterocycles. The summed E-state index contributed by atoms with van der Waals surface area (Å²) in [6, 6.07) is 1.93. The Balaban J connectivity index is 2.32. The molecule has 1 unspecified atom stereocenters. The first-order chi connectivity index (χ1) is 8.24. The molecule has 0 saturated carbocycles. The highest BCUT2D eigenvalue weighted by atomic mass is 79.9. The van der Waals surface area contributed by atoms with Crippen LogP contribution in [0.3, 0.4) is 0 Å². The maximum Gasteiger partial charge on any atom is 0.140 e. The van der Waals surface area contributed by atoms with E-state index in [4.69, 9.17) is 4.42 Å². The van der Waals surface area contributed by atoms with E-state index in [-0.39, 0.29) is 6.04 Å². The molecule has 17 heavy (non-hydrogen) atoms. The molecule has 2 rings (SSSR count). The highest BCUT2D eigenvalue weighted by Gasteiger charge is 2.23. The van der Waals surface area contributed by atoms with E-state index in [0.29, 0.717) is 0 Å². The molecule has 0 aliphatic heterocycles. The van der Waals surface area contributed by atoms with Gasteiger partial charge < -0.3 is 9.73 Å². The molecule has 2 aromatic heterocycles. The zero-order valence-corrected chi connectivity index (χ0v) is 12.1. The molecule has 0 spiro atoms. The summed E-state index contributed by atoms with van der Waals surface area (Å²) >= 11 is 4.91. The van der Waals surface area contributed by atoms with Crippen molar-refractivity contribution in [3.8, 4) is 0 Å². The molecule has 92 valence electrons. The molecule has 0 saturated heterocycles. The summed E-state index contributed by atoms with van der Waals surface area (Å²) in [5.74, 6) is 0.882. The monoisotopic (exact) mass is 315 g/mol. The highest BCUT2D eigenvalue weighted by molar-refractivity contribution is 9.10. The summed E-state index contributed by atoms with van der Waals surface area (Å²) in [5.41, 5.74) is 0.951. The van der Waals surface area contributed by atoms with Crippen molar-refractivity contribution in [2.45, 2.75) is 26.3 Å². The third-order valence-corrected chi connectivity index (χ3v) is 4.00. The molecule has 0 amide bonds. The molecule has 0 aliphatic rings. The maximum atomic E-state index is 5.54. The molecular formula is C11H14BrN3OS. The summed E-state index contributed by atoms with van der Waals surface area (Å²) in [7, 11) is 0. The maximum absolute atomic E-state index is 5.54. The summed E-state index contributed by atoms with van der Waals surface area (Å²) in [6.45, 7) is 5.03. The molecule has 6 heteroatoms. The van der Waals surface area contributed by atoms with Gasteiger partial charge in [0.2, 0.25) is 0 Å². The second kappa shape index (κ2) is 5.75. The van der Waals surface area contributed by atoms with Gasteiger partial charge in [-0.15, -0.1) is 5.10 Å². The number of furan rings is 1. The van der Waals surface area contributed by atoms with Gasteiger partial charge in [-0.05, 0) is 53.4 Å². The van der Waals surface area contributed by atoms with E-state index in [1.165, 1.54) is 11.5 Å². The van der Waals surface area contributed by atoms with Crippen LogP contribution in [0.15, 0.2) is 21.2 Å². The van der Waals surface area contributed by atoms with E-state index in [1.807, 2.05) is 13.0 Å². The van der Waals surface area contributed by atoms with E-state index in [9.17, 15) is 0 Å². The van der Waals surface area contributed by atoms with Gasteiger partial charge in [0.25, 0.3) is 0 Å². The molecule has 0 radical (unpaired) electrons. The van der Waals surface area contributed by atoms with Crippen molar-refractivity contribution in [1.29, 1.82) is 0 Å². The van der Waals surface area contributed by atoms with Crippen molar-refractivity contribution in [2.75, 3.05) is 6.54 Å². The Morgan fingerprint density at radius 2 is 2.41 bits per heavy atom. The summed E-state index contributed by atoms with van der Waals surface area (Å²) in [4.78, 5) is 1.11. The van der Waals surface area contributed by atoms with Crippen molar-refractivity contribution in [1.82, 2.24) is 14.9 Å². The molecular weight excluding hydrogens is 302 g/mol. The van der Waals surface area contributed by atoms with Crippen LogP contribution in [-0.2, 0) is 0 Å². The fourth-order valence-electron chi connectivity index (χ4n) is 1.61. The van der Waals surface area contributed by atoms with Crippen molar-refractivity contribution < 1.29 is 4.42 Å². The highest BCUT2D eigenvalue weighted by Crippen LogP contribution is 2.32. The first kappa shape index (κ1) is 12.7. The topological polar surface area (TPSA) is 51.0 Å². The average Bonchev–Trinajstić information content (AvgIpc) is 2.90. The van der Waals surface area contributed by atoms with Crippen LogP contribution >= 0.6 is 27.5 Å². The number of hydrogen-bond donors (Lipinski definition) is 1. The van der Waals surface area contributed by atoms with Gasteiger partial charge in [0, 0.05) is 0 Å². The van der Waals surface area contributed by atoms with Gasteiger partial charge in [-0.25, -0.2) is 0 Å². The number of aromatic nitrogens is 2. The van der Waals surface area contributed by atoms with E-state index >= 15 is 0 Å². The number of nitrogens with one attached hydrogen (secondary N) is 1. The van der Waals surface area contributed by atoms with Gasteiger partial charge in [-0.3, -0.25) is 0 Å². The molecule has 0 aromatic carbocycles. The quantitative estimate of drug-likeness (QED) is 0.919. The van der Waals surface area contributed by atoms with Crippen LogP contribution in [-0.4, -0.2) is 16.1 Å². The zero-order chi connectivity index (χ0) is 12.3. The fourth-order valence-corrected chi connectivity index (χ4v) is 2.76. The van der Waals surface area contributed by atoms with Gasteiger partial charge in [0.15, 0.2) is 0 Å². The number of aryl methyl sites for hydroxylation is 1. The van der Waals surface area contributed by atoms with Crippen LogP contribution in [0.1, 0.15) is 35.7 Å². The van der Waals surface area contributed by atoms with Gasteiger partial charge in [-0.1, -0.05) is 11.4 Å². The fraction of sp³-hybridized carbons (Fsp3) is 0.455. The predicted octanol–water partition coefficient (Wildman–Crippen LogP) is 3.29. The standard InChI is InChI=1S/C11H14BrN3OS/c1-3-5-13-9(10-8(12)4-6-16-10)11-7(2)14-15-17-11/h4,6,9,13H,3,5H2,1-2H3. The second-order valence-corrected chi connectivity index (χ2v) is 5.38. The number of hydrogen-bond acceptors (Lipinski definition) is 5. The summed E-state index contributed by atoms with van der Waals surface area (Å²) in [6.07, 6.45) is 2.75. The Kier molecular flexibility index (Phi) is 4.31. The van der Waals surface area contributed by atoms with Crippen molar-refractivity contribution >= 4 is 27.5 Å². The van der Waals surface area contributed by atoms with E-state index in [1.54, 1.807) is 6.26 Å². The molecule has 0 fully saturated rings. The Morgan fingerprint density at radius 3 is 2.94 bits per heavy atom. The van der Waals surface area contributed by atoms with Gasteiger partial charge in [0.1, 0.15) is 11.8 Å². The van der Waals surface area contributed by atoms with E-state index in [2.05, 4.69) is 37.8 Å². The zero-order valence-electron chi connectivity index (χ0n) is 9.74. The van der Waals surface area contributed by atoms with Crippen molar-refractivity contribution in [2.24, 2.45) is 0 Å². The summed E-state index contributed by atoms with van der Waals surface area (Å²) in [5, 5.41) is 7.52. The van der Waals surface area contributed by atoms with Gasteiger partial charge in [0.05, 0.1) is 21.3 Å². The number of halogens is 1. The van der Waals surface area contributed by atoms with Gasteiger partial charge >= 0.3 is 0 Å². The molecule has 4 nitrogen and oxygen atoms in total. The number of rotatable bonds is 5. The molecule has 0 aliphatic carbocycles. The predicted molar refractivity (Wildman–Crippen MR) is 71.2 cm³/mol. The van der Waals surface area contributed by atoms with Crippen LogP contribution in [0.2, 0.25) is 0 Å². The first-order valence-corrected chi connectivity index (χ1v) is 7.05. The van der Waals surface area contributed by atoms with Crippen LogP contribution in [0, 0.1) is 6.92 Å². The van der Waals surface area contributed by atoms with Crippen molar-refractivity contribution in [3.05, 3.63) is 33.1 Å². The Morgan fingerprint density at radius 1 is 1.59 bits per heavy atom. The Bertz CT molecular complexity index is 442. The summed E-state index contributed by atoms with van der Waals surface area (Å²) < 4.78 is 10.5. The molecule has 2 aromatic rings. The van der Waals surface area contributed by atoms with E-state index < -0.39 is 0 Å². The molecule has 0 bridgehead atoms. The number of nitrogens with zero attached hydrogens (tertiary/aromatic N) is 2. The second-order valence-electron chi connectivity index (χ2n) is 3.74. The average molecular weight is 316 g/mol. The molecule has 1 N–H and O–H groups in total. The normalized spacial score (nSPS) is 12.9. The third kappa shape index (κ3) is 2.75. The SMILES string of the molecule is CCCNC(c1occc1Br)c1snnc1C. The minimum atomic E-state index is 0.0272. The minimum absolute atomic E-state index is 0.0272. The van der Waals surface area contributed by atoms with Crippen molar-refractivity contribution in [3.63, 3.8) is 0 Å². The minimum Gasteiger partial charge on any atom is -0.466 e. The lowest BCUT2D eigenvalue weighted by molar-refractivity contribution is 0.446. The van der Waals surface area contributed by atoms with E-state index in [0.717, 1.165) is 33.8 Å². The Labute approximate surface area is 113 Å². The van der Waals surface area contributed by atoms with Crippen LogP contribution in [0.5, 0.6) is 0 Å².